The van der Waals surface area contributed by atoms with Gasteiger partial charge in [-0.2, -0.15) is 0 Å². The molecule has 2 rings (SSSR count). The first-order valence-corrected chi connectivity index (χ1v) is 8.06. The molecule has 2 aromatic rings. The average Bonchev–Trinajstić information content (AvgIpc) is 2.55. The molecule has 0 saturated carbocycles. The summed E-state index contributed by atoms with van der Waals surface area (Å²) < 4.78 is 11.3. The number of rotatable bonds is 8. The van der Waals surface area contributed by atoms with Gasteiger partial charge in [-0.3, -0.25) is 0 Å². The Morgan fingerprint density at radius 2 is 1.96 bits per heavy atom. The molecule has 0 unspecified atom stereocenters. The standard InChI is InChI=1S/C17H19Cl2NO3/c1-22-16-4-2-3-12(10-20-7-8-21)17(16)23-11-13-5-6-14(18)9-15(13)19/h2-6,9,20-21H,7-8,10-11H2,1H3/p+1. The lowest BCUT2D eigenvalue weighted by atomic mass is 10.1. The Morgan fingerprint density at radius 1 is 1.13 bits per heavy atom. The zero-order chi connectivity index (χ0) is 16.7. The predicted molar refractivity (Wildman–Crippen MR) is 91.4 cm³/mol. The van der Waals surface area contributed by atoms with Gasteiger partial charge in [0.25, 0.3) is 0 Å². The molecule has 4 nitrogen and oxygen atoms in total. The van der Waals surface area contributed by atoms with Gasteiger partial charge < -0.3 is 19.9 Å². The van der Waals surface area contributed by atoms with E-state index in [0.29, 0.717) is 41.2 Å². The van der Waals surface area contributed by atoms with E-state index in [1.54, 1.807) is 19.2 Å². The summed E-state index contributed by atoms with van der Waals surface area (Å²) in [6.45, 7) is 1.80. The van der Waals surface area contributed by atoms with Gasteiger partial charge in [0.2, 0.25) is 0 Å². The molecule has 0 atom stereocenters. The van der Waals surface area contributed by atoms with Crippen LogP contribution in [-0.4, -0.2) is 25.4 Å². The molecule has 2 aromatic carbocycles. The third kappa shape index (κ3) is 5.01. The predicted octanol–water partition coefficient (Wildman–Crippen LogP) is 2.64. The molecule has 124 valence electrons. The number of hydrogen-bond donors (Lipinski definition) is 2. The van der Waals surface area contributed by atoms with Crippen LogP contribution < -0.4 is 14.8 Å². The van der Waals surface area contributed by atoms with Crippen molar-refractivity contribution in [1.29, 1.82) is 0 Å². The molecule has 0 amide bonds. The van der Waals surface area contributed by atoms with Crippen LogP contribution in [0.2, 0.25) is 10.0 Å². The van der Waals surface area contributed by atoms with Gasteiger partial charge in [0, 0.05) is 15.6 Å². The maximum Gasteiger partial charge on any atom is 0.170 e. The van der Waals surface area contributed by atoms with Crippen molar-refractivity contribution in [2.45, 2.75) is 13.2 Å². The summed E-state index contributed by atoms with van der Waals surface area (Å²) in [4.78, 5) is 0. The Morgan fingerprint density at radius 3 is 2.65 bits per heavy atom. The van der Waals surface area contributed by atoms with E-state index >= 15 is 0 Å². The van der Waals surface area contributed by atoms with Crippen molar-refractivity contribution < 1.29 is 19.9 Å². The highest BCUT2D eigenvalue weighted by molar-refractivity contribution is 6.35. The quantitative estimate of drug-likeness (QED) is 0.715. The van der Waals surface area contributed by atoms with E-state index in [1.165, 1.54) is 0 Å². The highest BCUT2D eigenvalue weighted by Gasteiger charge is 2.13. The number of quaternary nitrogens is 1. The average molecular weight is 357 g/mol. The normalized spacial score (nSPS) is 10.6. The molecular formula is C17H20Cl2NO3+. The van der Waals surface area contributed by atoms with E-state index in [1.807, 2.05) is 29.6 Å². The number of hydrogen-bond acceptors (Lipinski definition) is 3. The van der Waals surface area contributed by atoms with E-state index in [9.17, 15) is 0 Å². The smallest absolute Gasteiger partial charge is 0.170 e. The molecule has 0 fully saturated rings. The molecule has 0 aromatic heterocycles. The first kappa shape index (κ1) is 17.9. The van der Waals surface area contributed by atoms with Gasteiger partial charge in [0.15, 0.2) is 11.5 Å². The molecule has 0 aliphatic rings. The van der Waals surface area contributed by atoms with Crippen LogP contribution in [0.5, 0.6) is 11.5 Å². The van der Waals surface area contributed by atoms with Crippen LogP contribution in [0.1, 0.15) is 11.1 Å². The molecule has 23 heavy (non-hydrogen) atoms. The Balaban J connectivity index is 2.16. The fraction of sp³-hybridized carbons (Fsp3) is 0.294. The van der Waals surface area contributed by atoms with E-state index < -0.39 is 0 Å². The summed E-state index contributed by atoms with van der Waals surface area (Å²) in [5, 5.41) is 12.1. The Hall–Kier alpha value is -1.46. The maximum absolute atomic E-state index is 8.91. The topological polar surface area (TPSA) is 55.3 Å². The second kappa shape index (κ2) is 8.99. The van der Waals surface area contributed by atoms with Crippen LogP contribution in [0.3, 0.4) is 0 Å². The summed E-state index contributed by atoms with van der Waals surface area (Å²) in [7, 11) is 1.61. The molecule has 3 N–H and O–H groups in total. The minimum Gasteiger partial charge on any atom is -0.493 e. The van der Waals surface area contributed by atoms with Crippen molar-refractivity contribution in [2.24, 2.45) is 0 Å². The highest BCUT2D eigenvalue weighted by Crippen LogP contribution is 2.32. The molecule has 0 aliphatic carbocycles. The third-order valence-electron chi connectivity index (χ3n) is 3.36. The molecule has 0 spiro atoms. The second-order valence-electron chi connectivity index (χ2n) is 4.98. The number of aliphatic hydroxyl groups is 1. The fourth-order valence-electron chi connectivity index (χ4n) is 2.18. The van der Waals surface area contributed by atoms with Gasteiger partial charge in [-0.1, -0.05) is 35.3 Å². The van der Waals surface area contributed by atoms with Gasteiger partial charge >= 0.3 is 0 Å². The summed E-state index contributed by atoms with van der Waals surface area (Å²) in [6.07, 6.45) is 0. The summed E-state index contributed by atoms with van der Waals surface area (Å²) in [5.74, 6) is 1.36. The fourth-order valence-corrected chi connectivity index (χ4v) is 2.65. The van der Waals surface area contributed by atoms with Crippen molar-refractivity contribution in [3.63, 3.8) is 0 Å². The number of benzene rings is 2. The second-order valence-corrected chi connectivity index (χ2v) is 5.82. The first-order chi connectivity index (χ1) is 11.2. The van der Waals surface area contributed by atoms with Gasteiger partial charge in [0.1, 0.15) is 13.2 Å². The number of ether oxygens (including phenoxy) is 2. The lowest BCUT2D eigenvalue weighted by molar-refractivity contribution is -0.671. The Bertz CT molecular complexity index is 650. The minimum absolute atomic E-state index is 0.139. The van der Waals surface area contributed by atoms with Gasteiger partial charge in [-0.05, 0) is 24.3 Å². The van der Waals surface area contributed by atoms with Crippen LogP contribution in [0.4, 0.5) is 0 Å². The van der Waals surface area contributed by atoms with E-state index in [-0.39, 0.29) is 6.61 Å². The number of para-hydroxylation sites is 1. The molecule has 6 heteroatoms. The lowest BCUT2D eigenvalue weighted by Gasteiger charge is -2.15. The van der Waals surface area contributed by atoms with Crippen LogP contribution >= 0.6 is 23.2 Å². The molecule has 0 saturated heterocycles. The minimum atomic E-state index is 0.139. The van der Waals surface area contributed by atoms with Crippen LogP contribution in [0, 0.1) is 0 Å². The lowest BCUT2D eigenvalue weighted by Crippen LogP contribution is -2.83. The van der Waals surface area contributed by atoms with Crippen molar-refractivity contribution in [3.8, 4) is 11.5 Å². The Kier molecular flexibility index (Phi) is 6.99. The highest BCUT2D eigenvalue weighted by atomic mass is 35.5. The third-order valence-corrected chi connectivity index (χ3v) is 3.95. The summed E-state index contributed by atoms with van der Waals surface area (Å²) in [6, 6.07) is 11.1. The monoisotopic (exact) mass is 356 g/mol. The number of aliphatic hydroxyl groups excluding tert-OH is 1. The van der Waals surface area contributed by atoms with Crippen molar-refractivity contribution in [2.75, 3.05) is 20.3 Å². The van der Waals surface area contributed by atoms with Crippen LogP contribution in [0.15, 0.2) is 36.4 Å². The van der Waals surface area contributed by atoms with Gasteiger partial charge in [-0.15, -0.1) is 0 Å². The summed E-state index contributed by atoms with van der Waals surface area (Å²) >= 11 is 12.1. The number of methoxy groups -OCH3 is 1. The number of nitrogens with two attached hydrogens (primary N) is 1. The molecule has 0 aliphatic heterocycles. The maximum atomic E-state index is 8.91. The zero-order valence-electron chi connectivity index (χ0n) is 12.9. The van der Waals surface area contributed by atoms with Gasteiger partial charge in [0.05, 0.1) is 25.8 Å². The van der Waals surface area contributed by atoms with E-state index in [2.05, 4.69) is 0 Å². The zero-order valence-corrected chi connectivity index (χ0v) is 14.4. The molecule has 0 bridgehead atoms. The summed E-state index contributed by atoms with van der Waals surface area (Å²) in [5.41, 5.74) is 1.86. The van der Waals surface area contributed by atoms with Crippen molar-refractivity contribution in [3.05, 3.63) is 57.6 Å². The number of halogens is 2. The molecule has 0 heterocycles. The largest absolute Gasteiger partial charge is 0.493 e. The van der Waals surface area contributed by atoms with E-state index in [4.69, 9.17) is 37.8 Å². The SMILES string of the molecule is COc1cccc(C[NH2+]CCO)c1OCc1ccc(Cl)cc1Cl. The first-order valence-electron chi connectivity index (χ1n) is 7.31. The van der Waals surface area contributed by atoms with Crippen molar-refractivity contribution >= 4 is 23.2 Å². The van der Waals surface area contributed by atoms with Gasteiger partial charge in [-0.25, -0.2) is 0 Å². The van der Waals surface area contributed by atoms with Crippen LogP contribution in [-0.2, 0) is 13.2 Å². The molecular weight excluding hydrogens is 337 g/mol. The van der Waals surface area contributed by atoms with Crippen LogP contribution in [0.25, 0.3) is 0 Å². The molecule has 0 radical (unpaired) electrons. The van der Waals surface area contributed by atoms with E-state index in [0.717, 1.165) is 11.1 Å². The Labute approximate surface area is 145 Å². The van der Waals surface area contributed by atoms with Crippen molar-refractivity contribution in [1.82, 2.24) is 0 Å².